The normalized spacial score (nSPS) is 12.0. The number of hydrogen-bond donors (Lipinski definition) is 1. The highest BCUT2D eigenvalue weighted by molar-refractivity contribution is 7.14. The van der Waals surface area contributed by atoms with E-state index in [-0.39, 0.29) is 11.1 Å². The number of thiophene rings is 1. The van der Waals surface area contributed by atoms with E-state index >= 15 is 0 Å². The number of halogens is 3. The zero-order valence-corrected chi connectivity index (χ0v) is 14.0. The summed E-state index contributed by atoms with van der Waals surface area (Å²) in [5.74, 6) is -2.02. The Morgan fingerprint density at radius 1 is 1.23 bits per heavy atom. The van der Waals surface area contributed by atoms with Crippen molar-refractivity contribution in [3.63, 3.8) is 0 Å². The van der Waals surface area contributed by atoms with Gasteiger partial charge in [0.1, 0.15) is 16.8 Å². The zero-order chi connectivity index (χ0) is 19.3. The van der Waals surface area contributed by atoms with Crippen LogP contribution in [0.4, 0.5) is 18.2 Å². The minimum atomic E-state index is -4.83. The first-order chi connectivity index (χ1) is 12.2. The van der Waals surface area contributed by atoms with Crippen LogP contribution in [0.25, 0.3) is 0 Å². The maximum atomic E-state index is 12.1. The van der Waals surface area contributed by atoms with Gasteiger partial charge in [-0.25, -0.2) is 4.79 Å². The summed E-state index contributed by atoms with van der Waals surface area (Å²) in [6.07, 6.45) is -6.01. The van der Waals surface area contributed by atoms with Crippen LogP contribution in [0, 0.1) is 11.3 Å². The zero-order valence-electron chi connectivity index (χ0n) is 13.2. The molecular weight excluding hydrogens is 373 g/mol. The van der Waals surface area contributed by atoms with E-state index in [0.29, 0.717) is 5.00 Å². The molecule has 1 amide bonds. The Morgan fingerprint density at radius 2 is 1.88 bits per heavy atom. The van der Waals surface area contributed by atoms with Gasteiger partial charge in [-0.1, -0.05) is 0 Å². The van der Waals surface area contributed by atoms with Gasteiger partial charge in [0.25, 0.3) is 5.91 Å². The number of hydrogen-bond acceptors (Lipinski definition) is 6. The highest BCUT2D eigenvalue weighted by Gasteiger charge is 2.31. The molecule has 0 radical (unpaired) electrons. The predicted octanol–water partition coefficient (Wildman–Crippen LogP) is 3.70. The van der Waals surface area contributed by atoms with Crippen LogP contribution in [0.2, 0.25) is 0 Å². The second-order valence-corrected chi connectivity index (χ2v) is 5.80. The topological polar surface area (TPSA) is 88.4 Å². The second-order valence-electron chi connectivity index (χ2n) is 4.88. The van der Waals surface area contributed by atoms with Crippen LogP contribution in [0.1, 0.15) is 22.8 Å². The third kappa shape index (κ3) is 5.22. The van der Waals surface area contributed by atoms with Crippen LogP contribution < -0.4 is 10.1 Å². The standard InChI is InChI=1S/C16H11F3N2O4S/c1-9(13(22)21-14-11(8-20)6-7-26-14)24-15(23)10-2-4-12(5-3-10)25-16(17,18)19/h2-7,9H,1H3,(H,21,22)/t9-/m1/s1. The number of amides is 1. The van der Waals surface area contributed by atoms with Crippen molar-refractivity contribution in [1.82, 2.24) is 0 Å². The number of alkyl halides is 3. The minimum Gasteiger partial charge on any atom is -0.449 e. The smallest absolute Gasteiger partial charge is 0.449 e. The Morgan fingerprint density at radius 3 is 2.46 bits per heavy atom. The van der Waals surface area contributed by atoms with E-state index in [4.69, 9.17) is 10.00 Å². The van der Waals surface area contributed by atoms with E-state index in [9.17, 15) is 22.8 Å². The number of benzene rings is 1. The number of esters is 1. The molecule has 0 fully saturated rings. The maximum Gasteiger partial charge on any atom is 0.573 e. The Labute approximate surface area is 149 Å². The molecule has 136 valence electrons. The molecule has 1 N–H and O–H groups in total. The van der Waals surface area contributed by atoms with Crippen LogP contribution in [0.3, 0.4) is 0 Å². The van der Waals surface area contributed by atoms with Crippen molar-refractivity contribution in [3.05, 3.63) is 46.8 Å². The average Bonchev–Trinajstić information content (AvgIpc) is 3.01. The number of rotatable bonds is 5. The molecule has 6 nitrogen and oxygen atoms in total. The number of carbonyl (C=O) groups is 2. The van der Waals surface area contributed by atoms with E-state index in [1.165, 1.54) is 13.0 Å². The quantitative estimate of drug-likeness (QED) is 0.794. The fourth-order valence-electron chi connectivity index (χ4n) is 1.78. The van der Waals surface area contributed by atoms with Gasteiger partial charge in [-0.3, -0.25) is 4.79 Å². The fourth-order valence-corrected chi connectivity index (χ4v) is 2.52. The van der Waals surface area contributed by atoms with E-state index in [1.807, 2.05) is 6.07 Å². The monoisotopic (exact) mass is 384 g/mol. The summed E-state index contributed by atoms with van der Waals surface area (Å²) >= 11 is 1.14. The molecular formula is C16H11F3N2O4S. The summed E-state index contributed by atoms with van der Waals surface area (Å²) in [4.78, 5) is 24.0. The predicted molar refractivity (Wildman–Crippen MR) is 85.7 cm³/mol. The highest BCUT2D eigenvalue weighted by atomic mass is 32.1. The van der Waals surface area contributed by atoms with Gasteiger partial charge < -0.3 is 14.8 Å². The first-order valence-electron chi connectivity index (χ1n) is 7.05. The molecule has 0 aliphatic rings. The number of anilines is 1. The number of nitriles is 1. The summed E-state index contributed by atoms with van der Waals surface area (Å²) in [5.41, 5.74) is 0.232. The lowest BCUT2D eigenvalue weighted by molar-refractivity contribution is -0.274. The van der Waals surface area contributed by atoms with Crippen molar-refractivity contribution in [3.8, 4) is 11.8 Å². The van der Waals surface area contributed by atoms with Gasteiger partial charge in [-0.15, -0.1) is 24.5 Å². The van der Waals surface area contributed by atoms with Crippen molar-refractivity contribution >= 4 is 28.2 Å². The molecule has 1 atom stereocenters. The first kappa shape index (κ1) is 19.3. The Kier molecular flexibility index (Phi) is 5.84. The van der Waals surface area contributed by atoms with E-state index in [0.717, 1.165) is 35.6 Å². The first-order valence-corrected chi connectivity index (χ1v) is 7.93. The molecule has 26 heavy (non-hydrogen) atoms. The molecule has 2 rings (SSSR count). The molecule has 1 heterocycles. The van der Waals surface area contributed by atoms with E-state index < -0.39 is 30.1 Å². The van der Waals surface area contributed by atoms with E-state index in [2.05, 4.69) is 10.1 Å². The van der Waals surface area contributed by atoms with Crippen molar-refractivity contribution < 1.29 is 32.2 Å². The van der Waals surface area contributed by atoms with Crippen LogP contribution in [0.15, 0.2) is 35.7 Å². The highest BCUT2D eigenvalue weighted by Crippen LogP contribution is 2.24. The van der Waals surface area contributed by atoms with Gasteiger partial charge in [0.2, 0.25) is 0 Å². The van der Waals surface area contributed by atoms with Gasteiger partial charge in [0.05, 0.1) is 11.1 Å². The van der Waals surface area contributed by atoms with Crippen molar-refractivity contribution in [2.45, 2.75) is 19.4 Å². The molecule has 0 saturated heterocycles. The van der Waals surface area contributed by atoms with Gasteiger partial charge in [-0.05, 0) is 42.6 Å². The van der Waals surface area contributed by atoms with Crippen LogP contribution >= 0.6 is 11.3 Å². The lowest BCUT2D eigenvalue weighted by Gasteiger charge is -2.13. The molecule has 0 bridgehead atoms. The summed E-state index contributed by atoms with van der Waals surface area (Å²) in [7, 11) is 0. The average molecular weight is 384 g/mol. The lowest BCUT2D eigenvalue weighted by Crippen LogP contribution is -2.29. The van der Waals surface area contributed by atoms with Crippen molar-refractivity contribution in [2.75, 3.05) is 5.32 Å². The minimum absolute atomic E-state index is 0.0481. The second kappa shape index (κ2) is 7.88. The van der Waals surface area contributed by atoms with Crippen LogP contribution in [0.5, 0.6) is 5.75 Å². The van der Waals surface area contributed by atoms with Gasteiger partial charge in [0.15, 0.2) is 6.10 Å². The molecule has 2 aromatic rings. The Hall–Kier alpha value is -3.06. The van der Waals surface area contributed by atoms with Gasteiger partial charge >= 0.3 is 12.3 Å². The summed E-state index contributed by atoms with van der Waals surface area (Å²) in [5, 5.41) is 13.3. The summed E-state index contributed by atoms with van der Waals surface area (Å²) < 4.78 is 44.9. The van der Waals surface area contributed by atoms with E-state index in [1.54, 1.807) is 5.38 Å². The Balaban J connectivity index is 1.96. The molecule has 10 heteroatoms. The molecule has 0 spiro atoms. The number of ether oxygens (including phenoxy) is 2. The SMILES string of the molecule is C[C@@H](OC(=O)c1ccc(OC(F)(F)F)cc1)C(=O)Nc1sccc1C#N. The Bertz CT molecular complexity index is 840. The van der Waals surface area contributed by atoms with Crippen LogP contribution in [-0.2, 0) is 9.53 Å². The molecule has 0 aliphatic heterocycles. The number of nitrogens with zero attached hydrogens (tertiary/aromatic N) is 1. The largest absolute Gasteiger partial charge is 0.573 e. The van der Waals surface area contributed by atoms with Crippen LogP contribution in [-0.4, -0.2) is 24.3 Å². The fraction of sp³-hybridized carbons (Fsp3) is 0.188. The van der Waals surface area contributed by atoms with Crippen molar-refractivity contribution in [1.29, 1.82) is 5.26 Å². The molecule has 1 aromatic carbocycles. The molecule has 0 unspecified atom stereocenters. The third-order valence-corrected chi connectivity index (χ3v) is 3.83. The lowest BCUT2D eigenvalue weighted by atomic mass is 10.2. The summed E-state index contributed by atoms with van der Waals surface area (Å²) in [6, 6.07) is 7.52. The maximum absolute atomic E-state index is 12.1. The third-order valence-electron chi connectivity index (χ3n) is 3.00. The molecule has 0 saturated carbocycles. The van der Waals surface area contributed by atoms with Gasteiger partial charge in [-0.2, -0.15) is 5.26 Å². The number of nitrogens with one attached hydrogen (secondary N) is 1. The number of carbonyl (C=O) groups excluding carboxylic acids is 2. The van der Waals surface area contributed by atoms with Crippen molar-refractivity contribution in [2.24, 2.45) is 0 Å². The summed E-state index contributed by atoms with van der Waals surface area (Å²) in [6.45, 7) is 1.33. The van der Waals surface area contributed by atoms with Gasteiger partial charge in [0, 0.05) is 0 Å². The molecule has 0 aliphatic carbocycles. The molecule has 1 aromatic heterocycles.